The molecule has 1 amide bonds. The maximum Gasteiger partial charge on any atom is 0.269 e. The van der Waals surface area contributed by atoms with E-state index in [9.17, 15) is 13.2 Å². The third kappa shape index (κ3) is 5.34. The first kappa shape index (κ1) is 20.4. The van der Waals surface area contributed by atoms with E-state index in [2.05, 4.69) is 27.1 Å². The van der Waals surface area contributed by atoms with Crippen molar-refractivity contribution in [3.8, 4) is 0 Å². The van der Waals surface area contributed by atoms with Gasteiger partial charge >= 0.3 is 0 Å². The average Bonchev–Trinajstić information content (AvgIpc) is 2.72. The number of hydrogen-bond acceptors (Lipinski definition) is 5. The lowest BCUT2D eigenvalue weighted by atomic mass is 10.2. The van der Waals surface area contributed by atoms with Crippen LogP contribution in [0.2, 0.25) is 5.02 Å². The van der Waals surface area contributed by atoms with E-state index >= 15 is 0 Å². The van der Waals surface area contributed by atoms with E-state index in [0.717, 1.165) is 0 Å². The van der Waals surface area contributed by atoms with Gasteiger partial charge in [-0.1, -0.05) is 30.3 Å². The second kappa shape index (κ2) is 8.76. The lowest BCUT2D eigenvalue weighted by molar-refractivity contribution is 0.0942. The minimum atomic E-state index is -3.90. The number of amides is 1. The van der Waals surface area contributed by atoms with Crippen LogP contribution < -0.4 is 15.6 Å². The molecule has 0 aliphatic rings. The van der Waals surface area contributed by atoms with Crippen LogP contribution in [0.25, 0.3) is 5.70 Å². The maximum absolute atomic E-state index is 12.6. The second-order valence-corrected chi connectivity index (χ2v) is 8.06. The van der Waals surface area contributed by atoms with Crippen LogP contribution >= 0.6 is 11.6 Å². The Morgan fingerprint density at radius 2 is 1.72 bits per heavy atom. The van der Waals surface area contributed by atoms with E-state index in [0.29, 0.717) is 22.0 Å². The van der Waals surface area contributed by atoms with Gasteiger partial charge in [0.2, 0.25) is 0 Å². The van der Waals surface area contributed by atoms with Crippen molar-refractivity contribution >= 4 is 38.9 Å². The summed E-state index contributed by atoms with van der Waals surface area (Å²) in [6.45, 7) is 3.82. The van der Waals surface area contributed by atoms with Gasteiger partial charge < -0.3 is 0 Å². The van der Waals surface area contributed by atoms with Crippen molar-refractivity contribution in [2.45, 2.75) is 4.90 Å². The molecule has 9 heteroatoms. The number of anilines is 1. The molecule has 7 nitrogen and oxygen atoms in total. The van der Waals surface area contributed by atoms with Crippen LogP contribution in [-0.4, -0.2) is 19.3 Å². The number of halogens is 1. The van der Waals surface area contributed by atoms with Gasteiger partial charge in [-0.15, -0.1) is 0 Å². The van der Waals surface area contributed by atoms with Gasteiger partial charge in [0.1, 0.15) is 0 Å². The van der Waals surface area contributed by atoms with Crippen LogP contribution in [-0.2, 0) is 10.0 Å². The average molecular weight is 429 g/mol. The Hall–Kier alpha value is -3.36. The Labute approximate surface area is 173 Å². The van der Waals surface area contributed by atoms with E-state index in [1.165, 1.54) is 30.3 Å². The van der Waals surface area contributed by atoms with E-state index in [4.69, 9.17) is 11.6 Å². The van der Waals surface area contributed by atoms with Crippen LogP contribution in [0.3, 0.4) is 0 Å². The van der Waals surface area contributed by atoms with Gasteiger partial charge in [0.25, 0.3) is 15.9 Å². The van der Waals surface area contributed by atoms with Gasteiger partial charge in [-0.25, -0.2) is 8.42 Å². The molecular weight excluding hydrogens is 412 g/mol. The highest BCUT2D eigenvalue weighted by molar-refractivity contribution is 7.92. The van der Waals surface area contributed by atoms with Crippen LogP contribution in [0.4, 0.5) is 5.69 Å². The fraction of sp³-hybridized carbons (Fsp3) is 0. The monoisotopic (exact) mass is 428 g/mol. The van der Waals surface area contributed by atoms with Crippen molar-refractivity contribution in [3.05, 3.63) is 95.8 Å². The number of carbonyl (C=O) groups excluding carboxylic acids is 1. The van der Waals surface area contributed by atoms with Gasteiger partial charge in [-0.3, -0.25) is 25.4 Å². The van der Waals surface area contributed by atoms with Crippen LogP contribution in [0.1, 0.15) is 15.9 Å². The molecule has 3 N–H and O–H groups in total. The van der Waals surface area contributed by atoms with E-state index < -0.39 is 15.9 Å². The fourth-order valence-corrected chi connectivity index (χ4v) is 3.67. The van der Waals surface area contributed by atoms with Gasteiger partial charge in [-0.05, 0) is 48.5 Å². The first-order valence-electron chi connectivity index (χ1n) is 8.39. The molecule has 148 valence electrons. The molecule has 0 radical (unpaired) electrons. The summed E-state index contributed by atoms with van der Waals surface area (Å²) >= 11 is 5.89. The molecule has 0 bridgehead atoms. The smallest absolute Gasteiger partial charge is 0.269 e. The number of benzene rings is 2. The molecule has 0 unspecified atom stereocenters. The second-order valence-electron chi connectivity index (χ2n) is 5.94. The number of nitrogens with zero attached hydrogens (tertiary/aromatic N) is 1. The van der Waals surface area contributed by atoms with Crippen molar-refractivity contribution in [1.29, 1.82) is 0 Å². The lowest BCUT2D eigenvalue weighted by Gasteiger charge is -2.12. The quantitative estimate of drug-likeness (QED) is 0.500. The summed E-state index contributed by atoms with van der Waals surface area (Å²) in [5.41, 5.74) is 6.80. The molecule has 1 heterocycles. The SMILES string of the molecule is C=C(NNC(=O)c1cccc(S(=O)(=O)Nc2cccc(Cl)c2)c1)c1cccnc1. The topological polar surface area (TPSA) is 100 Å². The molecule has 3 rings (SSSR count). The Kier molecular flexibility index (Phi) is 6.16. The first-order chi connectivity index (χ1) is 13.8. The number of sulfonamides is 1. The van der Waals surface area contributed by atoms with E-state index in [-0.39, 0.29) is 10.5 Å². The molecule has 2 aromatic carbocycles. The summed E-state index contributed by atoms with van der Waals surface area (Å²) in [5.74, 6) is -0.519. The third-order valence-electron chi connectivity index (χ3n) is 3.82. The molecule has 0 aliphatic carbocycles. The number of nitrogens with one attached hydrogen (secondary N) is 3. The number of hydrogen-bond donors (Lipinski definition) is 3. The zero-order valence-electron chi connectivity index (χ0n) is 15.1. The number of aromatic nitrogens is 1. The van der Waals surface area contributed by atoms with Crippen molar-refractivity contribution in [3.63, 3.8) is 0 Å². The summed E-state index contributed by atoms with van der Waals surface area (Å²) in [5, 5.41) is 0.401. The molecular formula is C20H17ClN4O3S. The number of hydrazine groups is 1. The number of rotatable bonds is 7. The number of carbonyl (C=O) groups is 1. The maximum atomic E-state index is 12.6. The third-order valence-corrected chi connectivity index (χ3v) is 5.43. The molecule has 0 aliphatic heterocycles. The molecule has 0 fully saturated rings. The lowest BCUT2D eigenvalue weighted by Crippen LogP contribution is -2.36. The largest absolute Gasteiger partial charge is 0.298 e. The van der Waals surface area contributed by atoms with Crippen LogP contribution in [0, 0.1) is 0 Å². The van der Waals surface area contributed by atoms with E-state index in [1.54, 1.807) is 42.7 Å². The van der Waals surface area contributed by atoms with Gasteiger partial charge in [0.05, 0.1) is 16.3 Å². The molecule has 0 atom stereocenters. The standard InChI is InChI=1S/C20H17ClN4O3S/c1-14(16-6-4-10-22-13-16)23-24-20(26)15-5-2-9-19(11-15)29(27,28)25-18-8-3-7-17(21)12-18/h2-13,23,25H,1H2,(H,24,26). The Balaban J connectivity index is 1.71. The highest BCUT2D eigenvalue weighted by Gasteiger charge is 2.17. The Morgan fingerprint density at radius 1 is 0.966 bits per heavy atom. The van der Waals surface area contributed by atoms with Gasteiger partial charge in [-0.2, -0.15) is 0 Å². The minimum absolute atomic E-state index is 0.0591. The Morgan fingerprint density at radius 3 is 2.45 bits per heavy atom. The zero-order valence-corrected chi connectivity index (χ0v) is 16.7. The molecule has 0 saturated carbocycles. The zero-order chi connectivity index (χ0) is 20.9. The summed E-state index contributed by atoms with van der Waals surface area (Å²) in [6, 6.07) is 15.5. The number of pyridine rings is 1. The molecule has 1 aromatic heterocycles. The normalized spacial score (nSPS) is 10.8. The van der Waals surface area contributed by atoms with Crippen molar-refractivity contribution in [1.82, 2.24) is 15.8 Å². The molecule has 0 saturated heterocycles. The predicted molar refractivity (Wildman–Crippen MR) is 113 cm³/mol. The van der Waals surface area contributed by atoms with E-state index in [1.807, 2.05) is 0 Å². The van der Waals surface area contributed by atoms with Gasteiger partial charge in [0.15, 0.2) is 0 Å². The fourth-order valence-electron chi connectivity index (χ4n) is 2.39. The highest BCUT2D eigenvalue weighted by atomic mass is 35.5. The molecule has 29 heavy (non-hydrogen) atoms. The highest BCUT2D eigenvalue weighted by Crippen LogP contribution is 2.20. The Bertz CT molecular complexity index is 1150. The van der Waals surface area contributed by atoms with Crippen molar-refractivity contribution in [2.24, 2.45) is 0 Å². The molecule has 3 aromatic rings. The van der Waals surface area contributed by atoms with Gasteiger partial charge in [0, 0.05) is 28.5 Å². The molecule has 0 spiro atoms. The summed E-state index contributed by atoms with van der Waals surface area (Å²) in [4.78, 5) is 16.3. The first-order valence-corrected chi connectivity index (χ1v) is 10.3. The van der Waals surface area contributed by atoms with Crippen LogP contribution in [0.15, 0.2) is 84.5 Å². The summed E-state index contributed by atoms with van der Waals surface area (Å²) in [6.07, 6.45) is 3.22. The van der Waals surface area contributed by atoms with Crippen molar-refractivity contribution in [2.75, 3.05) is 4.72 Å². The summed E-state index contributed by atoms with van der Waals surface area (Å²) < 4.78 is 27.7. The minimum Gasteiger partial charge on any atom is -0.298 e. The predicted octanol–water partition coefficient (Wildman–Crippen LogP) is 3.44. The van der Waals surface area contributed by atoms with Crippen LogP contribution in [0.5, 0.6) is 0 Å². The summed E-state index contributed by atoms with van der Waals surface area (Å²) in [7, 11) is -3.90. The van der Waals surface area contributed by atoms with Crippen molar-refractivity contribution < 1.29 is 13.2 Å².